The van der Waals surface area contributed by atoms with Gasteiger partial charge < -0.3 is 10.6 Å². The van der Waals surface area contributed by atoms with E-state index >= 15 is 0 Å². The molecule has 4 amide bonds. The molecule has 1 aliphatic heterocycles. The second kappa shape index (κ2) is 7.83. The SMILES string of the molecule is CCc1cccc(C)c1NC(=O)CN1C(=O)NC(C)(c2ccc(F)cc2Cl)C1=O. The molecule has 2 aromatic rings. The molecule has 0 aromatic heterocycles. The standard InChI is InChI=1S/C21H21ClFN3O3/c1-4-13-7-5-6-12(2)18(13)24-17(27)11-26-19(28)21(3,25-20(26)29)15-9-8-14(23)10-16(15)22/h5-10H,4,11H2,1-3H3,(H,24,27)(H,25,29). The van der Waals surface area contributed by atoms with Gasteiger partial charge in [-0.05, 0) is 43.5 Å². The van der Waals surface area contributed by atoms with Gasteiger partial charge in [0.25, 0.3) is 5.91 Å². The number of aryl methyl sites for hydroxylation is 2. The van der Waals surface area contributed by atoms with E-state index in [0.29, 0.717) is 5.69 Å². The average molecular weight is 418 g/mol. The maximum absolute atomic E-state index is 13.4. The van der Waals surface area contributed by atoms with Crippen molar-refractivity contribution in [2.24, 2.45) is 0 Å². The molecule has 0 aliphatic carbocycles. The first-order valence-electron chi connectivity index (χ1n) is 9.15. The smallest absolute Gasteiger partial charge is 0.324 e. The predicted octanol–water partition coefficient (Wildman–Crippen LogP) is 3.76. The van der Waals surface area contributed by atoms with Crippen LogP contribution in [0.15, 0.2) is 36.4 Å². The number of halogens is 2. The number of carbonyl (C=O) groups is 3. The van der Waals surface area contributed by atoms with Crippen LogP contribution in [-0.4, -0.2) is 29.3 Å². The fourth-order valence-electron chi connectivity index (χ4n) is 3.44. The molecule has 1 aliphatic rings. The van der Waals surface area contributed by atoms with Crippen molar-refractivity contribution in [2.45, 2.75) is 32.7 Å². The molecule has 29 heavy (non-hydrogen) atoms. The van der Waals surface area contributed by atoms with Crippen LogP contribution in [0.25, 0.3) is 0 Å². The first-order chi connectivity index (χ1) is 13.7. The van der Waals surface area contributed by atoms with E-state index in [1.807, 2.05) is 32.0 Å². The van der Waals surface area contributed by atoms with Crippen LogP contribution in [0.1, 0.15) is 30.5 Å². The van der Waals surface area contributed by atoms with E-state index in [-0.39, 0.29) is 10.6 Å². The summed E-state index contributed by atoms with van der Waals surface area (Å²) in [6.07, 6.45) is 0.724. The van der Waals surface area contributed by atoms with Crippen LogP contribution in [-0.2, 0) is 21.5 Å². The summed E-state index contributed by atoms with van der Waals surface area (Å²) in [6.45, 7) is 4.87. The van der Waals surface area contributed by atoms with Gasteiger partial charge in [-0.2, -0.15) is 0 Å². The van der Waals surface area contributed by atoms with Gasteiger partial charge in [-0.15, -0.1) is 0 Å². The highest BCUT2D eigenvalue weighted by Crippen LogP contribution is 2.34. The molecule has 152 valence electrons. The Hall–Kier alpha value is -2.93. The fraction of sp³-hybridized carbons (Fsp3) is 0.286. The number of para-hydroxylation sites is 1. The molecule has 1 atom stereocenters. The summed E-state index contributed by atoms with van der Waals surface area (Å²) < 4.78 is 13.4. The van der Waals surface area contributed by atoms with Gasteiger partial charge in [0.2, 0.25) is 5.91 Å². The third-order valence-electron chi connectivity index (χ3n) is 5.05. The first kappa shape index (κ1) is 20.8. The van der Waals surface area contributed by atoms with Crippen molar-refractivity contribution in [3.8, 4) is 0 Å². The van der Waals surface area contributed by atoms with E-state index in [0.717, 1.165) is 34.6 Å². The maximum atomic E-state index is 13.4. The number of nitrogens with one attached hydrogen (secondary N) is 2. The molecular formula is C21H21ClFN3O3. The molecular weight excluding hydrogens is 397 g/mol. The van der Waals surface area contributed by atoms with Gasteiger partial charge in [0.05, 0.1) is 0 Å². The molecule has 0 radical (unpaired) electrons. The summed E-state index contributed by atoms with van der Waals surface area (Å²) in [4.78, 5) is 38.8. The lowest BCUT2D eigenvalue weighted by molar-refractivity contribution is -0.133. The van der Waals surface area contributed by atoms with Crippen molar-refractivity contribution in [1.29, 1.82) is 0 Å². The minimum absolute atomic E-state index is 0.0138. The number of urea groups is 1. The summed E-state index contributed by atoms with van der Waals surface area (Å²) in [5, 5.41) is 5.37. The first-order valence-corrected chi connectivity index (χ1v) is 9.53. The highest BCUT2D eigenvalue weighted by Gasteiger charge is 2.50. The highest BCUT2D eigenvalue weighted by molar-refractivity contribution is 6.32. The van der Waals surface area contributed by atoms with Crippen LogP contribution in [0, 0.1) is 12.7 Å². The van der Waals surface area contributed by atoms with Crippen LogP contribution in [0.4, 0.5) is 14.9 Å². The molecule has 6 nitrogen and oxygen atoms in total. The van der Waals surface area contributed by atoms with E-state index in [4.69, 9.17) is 11.6 Å². The maximum Gasteiger partial charge on any atom is 0.325 e. The zero-order valence-electron chi connectivity index (χ0n) is 16.3. The topological polar surface area (TPSA) is 78.5 Å². The Bertz CT molecular complexity index is 1010. The summed E-state index contributed by atoms with van der Waals surface area (Å²) in [5.74, 6) is -1.68. The fourth-order valence-corrected chi connectivity index (χ4v) is 3.80. The van der Waals surface area contributed by atoms with Crippen LogP contribution in [0.2, 0.25) is 5.02 Å². The largest absolute Gasteiger partial charge is 0.325 e. The van der Waals surface area contributed by atoms with Crippen molar-refractivity contribution in [1.82, 2.24) is 10.2 Å². The van der Waals surface area contributed by atoms with Crippen molar-refractivity contribution < 1.29 is 18.8 Å². The Labute approximate surface area is 173 Å². The van der Waals surface area contributed by atoms with Gasteiger partial charge in [-0.3, -0.25) is 14.5 Å². The Morgan fingerprint density at radius 2 is 2.00 bits per heavy atom. The number of rotatable bonds is 5. The quantitative estimate of drug-likeness (QED) is 0.727. The third kappa shape index (κ3) is 3.82. The number of hydrogen-bond donors (Lipinski definition) is 2. The number of benzene rings is 2. The second-order valence-corrected chi connectivity index (χ2v) is 7.49. The number of carbonyl (C=O) groups excluding carboxylic acids is 3. The summed E-state index contributed by atoms with van der Waals surface area (Å²) >= 11 is 6.08. The Kier molecular flexibility index (Phi) is 5.61. The molecule has 3 rings (SSSR count). The van der Waals surface area contributed by atoms with Gasteiger partial charge in [-0.1, -0.05) is 42.8 Å². The molecule has 1 fully saturated rings. The van der Waals surface area contributed by atoms with Crippen molar-refractivity contribution in [3.63, 3.8) is 0 Å². The lowest BCUT2D eigenvalue weighted by atomic mass is 9.92. The Morgan fingerprint density at radius 3 is 2.66 bits per heavy atom. The summed E-state index contributed by atoms with van der Waals surface area (Å²) in [5.41, 5.74) is 1.29. The molecule has 0 bridgehead atoms. The lowest BCUT2D eigenvalue weighted by Gasteiger charge is -2.23. The summed E-state index contributed by atoms with van der Waals surface area (Å²) in [6, 6.07) is 8.54. The highest BCUT2D eigenvalue weighted by atomic mass is 35.5. The number of nitrogens with zero attached hydrogens (tertiary/aromatic N) is 1. The Morgan fingerprint density at radius 1 is 1.28 bits per heavy atom. The Balaban J connectivity index is 1.81. The van der Waals surface area contributed by atoms with Gasteiger partial charge in [0.15, 0.2) is 0 Å². The lowest BCUT2D eigenvalue weighted by Crippen LogP contribution is -2.42. The van der Waals surface area contributed by atoms with Crippen molar-refractivity contribution >= 4 is 35.1 Å². The third-order valence-corrected chi connectivity index (χ3v) is 5.36. The molecule has 0 saturated carbocycles. The van der Waals surface area contributed by atoms with E-state index in [2.05, 4.69) is 10.6 Å². The van der Waals surface area contributed by atoms with Crippen LogP contribution >= 0.6 is 11.6 Å². The second-order valence-electron chi connectivity index (χ2n) is 7.08. The van der Waals surface area contributed by atoms with Gasteiger partial charge in [0.1, 0.15) is 17.9 Å². The normalized spacial score (nSPS) is 18.7. The predicted molar refractivity (Wildman–Crippen MR) is 108 cm³/mol. The zero-order valence-corrected chi connectivity index (χ0v) is 17.1. The molecule has 0 spiro atoms. The van der Waals surface area contributed by atoms with Crippen molar-refractivity contribution in [3.05, 3.63) is 63.9 Å². The van der Waals surface area contributed by atoms with Gasteiger partial charge in [0, 0.05) is 16.3 Å². The minimum Gasteiger partial charge on any atom is -0.324 e. The van der Waals surface area contributed by atoms with Crippen LogP contribution < -0.4 is 10.6 Å². The average Bonchev–Trinajstić information content (AvgIpc) is 2.87. The van der Waals surface area contributed by atoms with E-state index < -0.39 is 35.7 Å². The van der Waals surface area contributed by atoms with E-state index in [1.54, 1.807) is 0 Å². The van der Waals surface area contributed by atoms with Gasteiger partial charge >= 0.3 is 6.03 Å². The number of hydrogen-bond acceptors (Lipinski definition) is 3. The number of anilines is 1. The van der Waals surface area contributed by atoms with E-state index in [1.165, 1.54) is 13.0 Å². The zero-order chi connectivity index (χ0) is 21.3. The monoisotopic (exact) mass is 417 g/mol. The molecule has 1 saturated heterocycles. The van der Waals surface area contributed by atoms with Gasteiger partial charge in [-0.25, -0.2) is 9.18 Å². The number of imide groups is 1. The van der Waals surface area contributed by atoms with Crippen molar-refractivity contribution in [2.75, 3.05) is 11.9 Å². The molecule has 1 heterocycles. The van der Waals surface area contributed by atoms with Crippen LogP contribution in [0.5, 0.6) is 0 Å². The molecule has 2 N–H and O–H groups in total. The molecule has 1 unspecified atom stereocenters. The molecule has 2 aromatic carbocycles. The minimum atomic E-state index is -1.49. The van der Waals surface area contributed by atoms with E-state index in [9.17, 15) is 18.8 Å². The number of amides is 4. The van der Waals surface area contributed by atoms with Crippen LogP contribution in [0.3, 0.4) is 0 Å². The molecule has 8 heteroatoms. The summed E-state index contributed by atoms with van der Waals surface area (Å²) in [7, 11) is 0.